The summed E-state index contributed by atoms with van der Waals surface area (Å²) in [5.41, 5.74) is 9.51. The lowest BCUT2D eigenvalue weighted by atomic mass is 10.1. The van der Waals surface area contributed by atoms with Crippen molar-refractivity contribution in [2.75, 3.05) is 18.1 Å². The fourth-order valence-corrected chi connectivity index (χ4v) is 4.10. The number of aromatic nitrogens is 2. The molecule has 4 N–H and O–H groups in total. The lowest BCUT2D eigenvalue weighted by Crippen LogP contribution is -2.35. The molecule has 202 valence electrons. The van der Waals surface area contributed by atoms with Crippen LogP contribution < -0.4 is 15.4 Å². The minimum absolute atomic E-state index is 0. The predicted molar refractivity (Wildman–Crippen MR) is 157 cm³/mol. The largest absolute Gasteiger partial charge is 0.466 e. The van der Waals surface area contributed by atoms with Crippen molar-refractivity contribution in [1.29, 1.82) is 5.41 Å². The average Bonchev–Trinajstić information content (AvgIpc) is 3.36. The molecule has 0 atom stereocenters. The highest BCUT2D eigenvalue weighted by atomic mass is 35.5. The van der Waals surface area contributed by atoms with Gasteiger partial charge in [-0.25, -0.2) is 9.78 Å². The first-order chi connectivity index (χ1) is 18.3. The molecule has 3 aromatic carbocycles. The number of halogens is 1. The van der Waals surface area contributed by atoms with Crippen LogP contribution in [0.3, 0.4) is 0 Å². The number of benzene rings is 3. The number of para-hydroxylation sites is 1. The Kier molecular flexibility index (Phi) is 9.75. The first-order valence-electron chi connectivity index (χ1n) is 12.0. The molecule has 0 radical (unpaired) electrons. The number of aromatic amines is 1. The van der Waals surface area contributed by atoms with Gasteiger partial charge in [-0.3, -0.25) is 15.1 Å². The van der Waals surface area contributed by atoms with Gasteiger partial charge in [0.1, 0.15) is 17.4 Å². The molecule has 4 rings (SSSR count). The van der Waals surface area contributed by atoms with Gasteiger partial charge >= 0.3 is 12.1 Å². The van der Waals surface area contributed by atoms with E-state index in [1.807, 2.05) is 13.0 Å². The van der Waals surface area contributed by atoms with Crippen LogP contribution in [0.25, 0.3) is 11.0 Å². The highest BCUT2D eigenvalue weighted by Gasteiger charge is 2.22. The Balaban J connectivity index is 0.00000420. The SMILES string of the molecule is CCOC(=O)CCN(C(=O)Oc1ccc2[nH]c(C(=S)c3ccc(C(=N)N)cc3)nc2c1C)c1ccccc1.Cl. The second-order valence-corrected chi connectivity index (χ2v) is 8.81. The fraction of sp³-hybridized carbons (Fsp3) is 0.179. The van der Waals surface area contributed by atoms with Crippen molar-refractivity contribution >= 4 is 64.1 Å². The number of nitrogens with two attached hydrogens (primary N) is 1. The van der Waals surface area contributed by atoms with E-state index >= 15 is 0 Å². The topological polar surface area (TPSA) is 134 Å². The third kappa shape index (κ3) is 6.78. The maximum absolute atomic E-state index is 13.2. The van der Waals surface area contributed by atoms with Crippen LogP contribution in [0.4, 0.5) is 10.5 Å². The van der Waals surface area contributed by atoms with Crippen LogP contribution in [0.2, 0.25) is 0 Å². The minimum atomic E-state index is -0.625. The smallest absolute Gasteiger partial charge is 0.419 e. The first kappa shape index (κ1) is 29.3. The van der Waals surface area contributed by atoms with Gasteiger partial charge in [0, 0.05) is 23.4 Å². The van der Waals surface area contributed by atoms with Gasteiger partial charge in [0.05, 0.1) is 28.9 Å². The van der Waals surface area contributed by atoms with Crippen molar-refractivity contribution in [2.45, 2.75) is 20.3 Å². The van der Waals surface area contributed by atoms with E-state index in [1.165, 1.54) is 4.90 Å². The van der Waals surface area contributed by atoms with E-state index in [0.29, 0.717) is 38.8 Å². The zero-order valence-corrected chi connectivity index (χ0v) is 23.0. The summed E-state index contributed by atoms with van der Waals surface area (Å²) >= 11 is 5.63. The van der Waals surface area contributed by atoms with Crippen molar-refractivity contribution in [3.8, 4) is 5.75 Å². The second-order valence-electron chi connectivity index (χ2n) is 8.40. The summed E-state index contributed by atoms with van der Waals surface area (Å²) in [5, 5.41) is 7.54. The van der Waals surface area contributed by atoms with E-state index in [1.54, 1.807) is 67.6 Å². The Morgan fingerprint density at radius 1 is 1.05 bits per heavy atom. The van der Waals surface area contributed by atoms with Crippen LogP contribution in [0, 0.1) is 12.3 Å². The predicted octanol–water partition coefficient (Wildman–Crippen LogP) is 5.30. The molecule has 0 saturated carbocycles. The van der Waals surface area contributed by atoms with Crippen LogP contribution in [-0.4, -0.2) is 45.9 Å². The van der Waals surface area contributed by atoms with Gasteiger partial charge in [0.15, 0.2) is 0 Å². The number of thiocarbonyl (C=S) groups is 1. The Morgan fingerprint density at radius 2 is 1.72 bits per heavy atom. The second kappa shape index (κ2) is 13.0. The van der Waals surface area contributed by atoms with Crippen LogP contribution in [0.15, 0.2) is 66.7 Å². The fourth-order valence-electron chi connectivity index (χ4n) is 3.87. The Morgan fingerprint density at radius 3 is 2.36 bits per heavy atom. The van der Waals surface area contributed by atoms with Crippen LogP contribution in [-0.2, 0) is 9.53 Å². The van der Waals surface area contributed by atoms with E-state index < -0.39 is 12.1 Å². The summed E-state index contributed by atoms with van der Waals surface area (Å²) in [4.78, 5) is 34.9. The number of nitrogens with one attached hydrogen (secondary N) is 2. The molecule has 0 fully saturated rings. The number of esters is 1. The number of imidazole rings is 1. The van der Waals surface area contributed by atoms with Gasteiger partial charge in [-0.2, -0.15) is 0 Å². The Labute approximate surface area is 237 Å². The molecule has 0 saturated heterocycles. The molecular formula is C28H28ClN5O4S. The zero-order chi connectivity index (χ0) is 27.2. The van der Waals surface area contributed by atoms with Crippen molar-refractivity contribution in [1.82, 2.24) is 9.97 Å². The summed E-state index contributed by atoms with van der Waals surface area (Å²) in [6.07, 6.45) is -0.594. The number of amidine groups is 1. The minimum Gasteiger partial charge on any atom is -0.466 e. The molecular weight excluding hydrogens is 538 g/mol. The molecule has 0 aliphatic rings. The van der Waals surface area contributed by atoms with Gasteiger partial charge in [-0.1, -0.05) is 54.7 Å². The number of H-pyrrole nitrogens is 1. The molecule has 0 aliphatic heterocycles. The summed E-state index contributed by atoms with van der Waals surface area (Å²) in [5.74, 6) is 0.428. The number of carbonyl (C=O) groups is 2. The molecule has 1 aromatic heterocycles. The number of carbonyl (C=O) groups excluding carboxylic acids is 2. The molecule has 0 unspecified atom stereocenters. The summed E-state index contributed by atoms with van der Waals surface area (Å²) < 4.78 is 10.8. The number of fused-ring (bicyclic) bond motifs is 1. The van der Waals surface area contributed by atoms with Crippen LogP contribution >= 0.6 is 24.6 Å². The van der Waals surface area contributed by atoms with Gasteiger partial charge in [0.25, 0.3) is 0 Å². The quantitative estimate of drug-likeness (QED) is 0.0823. The lowest BCUT2D eigenvalue weighted by molar-refractivity contribution is -0.142. The number of hydrogen-bond acceptors (Lipinski definition) is 7. The van der Waals surface area contributed by atoms with Crippen molar-refractivity contribution < 1.29 is 19.1 Å². The van der Waals surface area contributed by atoms with E-state index in [0.717, 1.165) is 11.1 Å². The highest BCUT2D eigenvalue weighted by molar-refractivity contribution is 7.81. The normalized spacial score (nSPS) is 10.4. The third-order valence-corrected chi connectivity index (χ3v) is 6.29. The van der Waals surface area contributed by atoms with Gasteiger partial charge < -0.3 is 20.2 Å². The third-order valence-electron chi connectivity index (χ3n) is 5.86. The molecule has 1 amide bonds. The van der Waals surface area contributed by atoms with Gasteiger partial charge in [0.2, 0.25) is 0 Å². The number of nitrogens with zero attached hydrogens (tertiary/aromatic N) is 2. The summed E-state index contributed by atoms with van der Waals surface area (Å²) in [6, 6.07) is 19.5. The number of rotatable bonds is 9. The monoisotopic (exact) mass is 565 g/mol. The Hall–Kier alpha value is -4.28. The van der Waals surface area contributed by atoms with E-state index in [4.69, 9.17) is 32.8 Å². The molecule has 1 heterocycles. The van der Waals surface area contributed by atoms with Crippen LogP contribution in [0.5, 0.6) is 5.75 Å². The molecule has 0 bridgehead atoms. The average molecular weight is 566 g/mol. The summed E-state index contributed by atoms with van der Waals surface area (Å²) in [7, 11) is 0. The Bertz CT molecular complexity index is 1510. The molecule has 0 aliphatic carbocycles. The molecule has 39 heavy (non-hydrogen) atoms. The maximum atomic E-state index is 13.2. The standard InChI is InChI=1S/C28H27N5O4S.ClH/c1-3-36-23(34)15-16-33(20-7-5-4-6-8-20)28(35)37-22-14-13-21-24(17(22)2)32-27(31-21)25(38)18-9-11-19(12-10-18)26(29)30;/h4-14H,3,15-16H2,1-2H3,(H3,29,30)(H,31,32);1H. The van der Waals surface area contributed by atoms with Gasteiger partial charge in [-0.15, -0.1) is 12.4 Å². The zero-order valence-electron chi connectivity index (χ0n) is 21.4. The number of ether oxygens (including phenoxy) is 2. The van der Waals surface area contributed by atoms with Crippen molar-refractivity contribution in [3.63, 3.8) is 0 Å². The van der Waals surface area contributed by atoms with E-state index in [-0.39, 0.29) is 37.8 Å². The molecule has 11 heteroatoms. The van der Waals surface area contributed by atoms with Gasteiger partial charge in [-0.05, 0) is 43.7 Å². The van der Waals surface area contributed by atoms with Crippen molar-refractivity contribution in [3.05, 3.63) is 89.2 Å². The highest BCUT2D eigenvalue weighted by Crippen LogP contribution is 2.28. The van der Waals surface area contributed by atoms with Crippen LogP contribution in [0.1, 0.15) is 35.9 Å². The number of anilines is 1. The van der Waals surface area contributed by atoms with E-state index in [2.05, 4.69) is 9.97 Å². The molecule has 4 aromatic rings. The van der Waals surface area contributed by atoms with Crippen molar-refractivity contribution in [2.24, 2.45) is 5.73 Å². The lowest BCUT2D eigenvalue weighted by Gasteiger charge is -2.22. The number of nitrogen functional groups attached to an aromatic ring is 1. The number of amides is 1. The maximum Gasteiger partial charge on any atom is 0.419 e. The number of hydrogen-bond donors (Lipinski definition) is 3. The first-order valence-corrected chi connectivity index (χ1v) is 12.4. The number of aryl methyl sites for hydroxylation is 1. The molecule has 9 nitrogen and oxygen atoms in total. The molecule has 0 spiro atoms. The summed E-state index contributed by atoms with van der Waals surface area (Å²) in [6.45, 7) is 3.92. The van der Waals surface area contributed by atoms with E-state index in [9.17, 15) is 9.59 Å².